The van der Waals surface area contributed by atoms with E-state index in [0.29, 0.717) is 0 Å². The van der Waals surface area contributed by atoms with E-state index in [1.807, 2.05) is 26.8 Å². The van der Waals surface area contributed by atoms with Crippen molar-refractivity contribution in [2.45, 2.75) is 66.7 Å². The summed E-state index contributed by atoms with van der Waals surface area (Å²) in [5.41, 5.74) is 1.03. The van der Waals surface area contributed by atoms with Gasteiger partial charge in [-0.1, -0.05) is 58.5 Å². The van der Waals surface area contributed by atoms with Crippen molar-refractivity contribution in [3.63, 3.8) is 0 Å². The molecular formula is C14H27NO. The Bertz CT molecular complexity index is 249. The molecule has 1 fully saturated rings. The number of rotatable bonds is 1. The maximum absolute atomic E-state index is 4.81. The van der Waals surface area contributed by atoms with E-state index in [1.165, 1.54) is 25.7 Å². The molecule has 0 bridgehead atoms. The Balaban J connectivity index is 0.000000251. The number of aryl methyl sites for hydroxylation is 2. The molecule has 2 rings (SSSR count). The summed E-state index contributed by atoms with van der Waals surface area (Å²) in [7, 11) is 0. The zero-order valence-electron chi connectivity index (χ0n) is 11.5. The van der Waals surface area contributed by atoms with Gasteiger partial charge < -0.3 is 4.52 Å². The number of hydrogen-bond donors (Lipinski definition) is 0. The molecule has 0 aromatic carbocycles. The summed E-state index contributed by atoms with van der Waals surface area (Å²) in [5, 5.41) is 3.76. The van der Waals surface area contributed by atoms with Gasteiger partial charge in [0.05, 0.1) is 5.69 Å². The highest BCUT2D eigenvalue weighted by Gasteiger charge is 2.07. The summed E-state index contributed by atoms with van der Waals surface area (Å²) >= 11 is 0. The topological polar surface area (TPSA) is 26.0 Å². The molecule has 16 heavy (non-hydrogen) atoms. The molecule has 0 aliphatic heterocycles. The van der Waals surface area contributed by atoms with E-state index < -0.39 is 0 Å². The highest BCUT2D eigenvalue weighted by molar-refractivity contribution is 5.02. The lowest BCUT2D eigenvalue weighted by molar-refractivity contribution is 0.391. The van der Waals surface area contributed by atoms with Gasteiger partial charge in [0, 0.05) is 6.07 Å². The second-order valence-electron chi connectivity index (χ2n) is 4.17. The fourth-order valence-corrected chi connectivity index (χ4v) is 1.71. The van der Waals surface area contributed by atoms with Crippen LogP contribution in [0.3, 0.4) is 0 Å². The molecule has 1 aromatic rings. The maximum Gasteiger partial charge on any atom is 0.133 e. The SMILES string of the molecule is CC.CC1CCCC1.CCc1cc(C)on1. The number of nitrogens with zero attached hydrogens (tertiary/aromatic N) is 1. The van der Waals surface area contributed by atoms with Crippen LogP contribution in [0, 0.1) is 12.8 Å². The van der Waals surface area contributed by atoms with E-state index >= 15 is 0 Å². The number of hydrogen-bond acceptors (Lipinski definition) is 2. The van der Waals surface area contributed by atoms with Crippen molar-refractivity contribution < 1.29 is 4.52 Å². The summed E-state index contributed by atoms with van der Waals surface area (Å²) in [6, 6.07) is 1.94. The Morgan fingerprint density at radius 1 is 1.31 bits per heavy atom. The Morgan fingerprint density at radius 3 is 2.06 bits per heavy atom. The molecule has 1 heterocycles. The Labute approximate surface area is 100 Å². The molecule has 94 valence electrons. The van der Waals surface area contributed by atoms with E-state index in [1.54, 1.807) is 0 Å². The van der Waals surface area contributed by atoms with E-state index in [9.17, 15) is 0 Å². The zero-order chi connectivity index (χ0) is 12.4. The van der Waals surface area contributed by atoms with Crippen molar-refractivity contribution in [2.24, 2.45) is 5.92 Å². The molecule has 1 saturated carbocycles. The molecule has 0 saturated heterocycles. The predicted octanol–water partition coefficient (Wildman–Crippen LogP) is 4.77. The zero-order valence-corrected chi connectivity index (χ0v) is 11.5. The van der Waals surface area contributed by atoms with Crippen LogP contribution in [-0.2, 0) is 6.42 Å². The van der Waals surface area contributed by atoms with Gasteiger partial charge in [-0.05, 0) is 19.3 Å². The molecule has 2 nitrogen and oxygen atoms in total. The van der Waals surface area contributed by atoms with Crippen molar-refractivity contribution in [1.82, 2.24) is 5.16 Å². The lowest BCUT2D eigenvalue weighted by atomic mass is 10.2. The highest BCUT2D eigenvalue weighted by Crippen LogP contribution is 2.22. The fraction of sp³-hybridized carbons (Fsp3) is 0.786. The molecule has 0 amide bonds. The van der Waals surface area contributed by atoms with Gasteiger partial charge in [0.25, 0.3) is 0 Å². The Hall–Kier alpha value is -0.790. The van der Waals surface area contributed by atoms with E-state index in [0.717, 1.165) is 23.8 Å². The van der Waals surface area contributed by atoms with Crippen LogP contribution in [0.2, 0.25) is 0 Å². The van der Waals surface area contributed by atoms with Crippen LogP contribution < -0.4 is 0 Å². The van der Waals surface area contributed by atoms with Crippen molar-refractivity contribution in [2.75, 3.05) is 0 Å². The third kappa shape index (κ3) is 6.65. The van der Waals surface area contributed by atoms with Gasteiger partial charge in [-0.25, -0.2) is 0 Å². The quantitative estimate of drug-likeness (QED) is 0.688. The van der Waals surface area contributed by atoms with Crippen LogP contribution in [0.5, 0.6) is 0 Å². The van der Waals surface area contributed by atoms with Gasteiger partial charge in [-0.2, -0.15) is 0 Å². The molecule has 1 aromatic heterocycles. The first-order chi connectivity index (χ1) is 7.72. The molecule has 1 aliphatic rings. The average Bonchev–Trinajstić information content (AvgIpc) is 2.93. The van der Waals surface area contributed by atoms with Crippen LogP contribution >= 0.6 is 0 Å². The third-order valence-corrected chi connectivity index (χ3v) is 2.68. The molecule has 2 heteroatoms. The maximum atomic E-state index is 4.81. The van der Waals surface area contributed by atoms with Gasteiger partial charge in [0.15, 0.2) is 0 Å². The predicted molar refractivity (Wildman–Crippen MR) is 69.6 cm³/mol. The summed E-state index contributed by atoms with van der Waals surface area (Å²) < 4.78 is 4.81. The van der Waals surface area contributed by atoms with Crippen LogP contribution in [0.4, 0.5) is 0 Å². The van der Waals surface area contributed by atoms with Gasteiger partial charge in [-0.15, -0.1) is 0 Å². The van der Waals surface area contributed by atoms with Crippen LogP contribution in [0.1, 0.15) is 64.8 Å². The lowest BCUT2D eigenvalue weighted by Crippen LogP contribution is -1.78. The number of aromatic nitrogens is 1. The second-order valence-corrected chi connectivity index (χ2v) is 4.17. The Morgan fingerprint density at radius 2 is 1.88 bits per heavy atom. The minimum atomic E-state index is 0.891. The van der Waals surface area contributed by atoms with Crippen LogP contribution in [0.25, 0.3) is 0 Å². The van der Waals surface area contributed by atoms with Crippen molar-refractivity contribution in [3.05, 3.63) is 17.5 Å². The minimum Gasteiger partial charge on any atom is -0.361 e. The standard InChI is InChI=1S/C6H9NO.C6H12.C2H6/c1-3-6-4-5(2)8-7-6;1-6-4-2-3-5-6;1-2/h4H,3H2,1-2H3;6H,2-5H2,1H3;1-2H3. The average molecular weight is 225 g/mol. The first-order valence-electron chi connectivity index (χ1n) is 6.64. The third-order valence-electron chi connectivity index (χ3n) is 2.68. The van der Waals surface area contributed by atoms with E-state index in [4.69, 9.17) is 4.52 Å². The normalized spacial score (nSPS) is 14.8. The Kier molecular flexibility index (Phi) is 8.97. The van der Waals surface area contributed by atoms with E-state index in [2.05, 4.69) is 19.0 Å². The fourth-order valence-electron chi connectivity index (χ4n) is 1.71. The second kappa shape index (κ2) is 9.44. The van der Waals surface area contributed by atoms with Crippen LogP contribution in [-0.4, -0.2) is 5.16 Å². The summed E-state index contributed by atoms with van der Waals surface area (Å²) in [4.78, 5) is 0. The van der Waals surface area contributed by atoms with Crippen molar-refractivity contribution in [1.29, 1.82) is 0 Å². The molecular weight excluding hydrogens is 198 g/mol. The molecule has 0 spiro atoms. The summed E-state index contributed by atoms with van der Waals surface area (Å²) in [5.74, 6) is 1.94. The first-order valence-corrected chi connectivity index (χ1v) is 6.64. The van der Waals surface area contributed by atoms with E-state index in [-0.39, 0.29) is 0 Å². The molecule has 0 unspecified atom stereocenters. The largest absolute Gasteiger partial charge is 0.361 e. The summed E-state index contributed by atoms with van der Waals surface area (Å²) in [6.45, 7) is 10.3. The first kappa shape index (κ1) is 15.2. The van der Waals surface area contributed by atoms with Gasteiger partial charge >= 0.3 is 0 Å². The summed E-state index contributed by atoms with van der Waals surface area (Å²) in [6.07, 6.45) is 6.90. The van der Waals surface area contributed by atoms with Gasteiger partial charge in [-0.3, -0.25) is 0 Å². The molecule has 0 radical (unpaired) electrons. The van der Waals surface area contributed by atoms with Gasteiger partial charge in [0.2, 0.25) is 0 Å². The highest BCUT2D eigenvalue weighted by atomic mass is 16.5. The van der Waals surface area contributed by atoms with Gasteiger partial charge in [0.1, 0.15) is 5.76 Å². The molecule has 0 atom stereocenters. The minimum absolute atomic E-state index is 0.891. The lowest BCUT2D eigenvalue weighted by Gasteiger charge is -1.91. The van der Waals surface area contributed by atoms with Crippen molar-refractivity contribution >= 4 is 0 Å². The monoisotopic (exact) mass is 225 g/mol. The van der Waals surface area contributed by atoms with Crippen molar-refractivity contribution in [3.8, 4) is 0 Å². The van der Waals surface area contributed by atoms with Crippen LogP contribution in [0.15, 0.2) is 10.6 Å². The molecule has 1 aliphatic carbocycles. The molecule has 0 N–H and O–H groups in total. The smallest absolute Gasteiger partial charge is 0.133 e.